The molecule has 1 N–H and O–H groups in total. The van der Waals surface area contributed by atoms with E-state index in [1.165, 1.54) is 26.2 Å². The normalized spacial score (nSPS) is 19.6. The second-order valence-corrected chi connectivity index (χ2v) is 7.15. The van der Waals surface area contributed by atoms with Gasteiger partial charge in [0.25, 0.3) is 0 Å². The number of hydrogen-bond donors (Lipinski definition) is 1. The molecule has 0 radical (unpaired) electrons. The fourth-order valence-electron chi connectivity index (χ4n) is 3.46. The molecule has 0 bridgehead atoms. The second-order valence-electron chi connectivity index (χ2n) is 7.15. The summed E-state index contributed by atoms with van der Waals surface area (Å²) < 4.78 is 5.25. The Morgan fingerprint density at radius 3 is 2.31 bits per heavy atom. The van der Waals surface area contributed by atoms with Crippen molar-refractivity contribution < 1.29 is 19.1 Å². The number of nitrogens with one attached hydrogen (secondary N) is 1. The maximum atomic E-state index is 12.2. The number of rotatable bonds is 8. The van der Waals surface area contributed by atoms with Gasteiger partial charge in [0, 0.05) is 18.2 Å². The van der Waals surface area contributed by atoms with Gasteiger partial charge in [-0.15, -0.1) is 0 Å². The van der Waals surface area contributed by atoms with E-state index < -0.39 is 0 Å². The minimum Gasteiger partial charge on any atom is -0.457 e. The van der Waals surface area contributed by atoms with Crippen LogP contribution in [0.25, 0.3) is 0 Å². The molecular weight excluding hydrogens is 330 g/mol. The highest BCUT2D eigenvalue weighted by atomic mass is 16.5. The van der Waals surface area contributed by atoms with E-state index in [-0.39, 0.29) is 30.2 Å². The predicted molar refractivity (Wildman–Crippen MR) is 101 cm³/mol. The summed E-state index contributed by atoms with van der Waals surface area (Å²) in [6, 6.07) is 6.57. The number of ether oxygens (including phenoxy) is 1. The number of carbonyl (C=O) groups is 3. The Balaban J connectivity index is 1.75. The van der Waals surface area contributed by atoms with Crippen molar-refractivity contribution in [3.8, 4) is 0 Å². The van der Waals surface area contributed by atoms with E-state index in [1.54, 1.807) is 24.3 Å². The van der Waals surface area contributed by atoms with E-state index >= 15 is 0 Å². The first kappa shape index (κ1) is 20.1. The Bertz CT molecular complexity index is 615. The molecule has 0 aliphatic heterocycles. The molecule has 0 spiro atoms. The van der Waals surface area contributed by atoms with Gasteiger partial charge in [-0.2, -0.15) is 0 Å². The number of anilines is 1. The molecule has 1 saturated carbocycles. The summed E-state index contributed by atoms with van der Waals surface area (Å²) in [5, 5.41) is 2.64. The summed E-state index contributed by atoms with van der Waals surface area (Å²) in [6.07, 6.45) is 7.63. The number of ketones is 1. The third-order valence-electron chi connectivity index (χ3n) is 5.02. The van der Waals surface area contributed by atoms with Crippen LogP contribution in [-0.4, -0.2) is 24.3 Å². The molecule has 26 heavy (non-hydrogen) atoms. The van der Waals surface area contributed by atoms with E-state index in [0.29, 0.717) is 11.3 Å². The van der Waals surface area contributed by atoms with E-state index in [0.717, 1.165) is 31.6 Å². The Morgan fingerprint density at radius 2 is 1.73 bits per heavy atom. The van der Waals surface area contributed by atoms with Crippen molar-refractivity contribution in [1.82, 2.24) is 0 Å². The second kappa shape index (κ2) is 10.1. The van der Waals surface area contributed by atoms with Crippen molar-refractivity contribution in [1.29, 1.82) is 0 Å². The Hall–Kier alpha value is -2.17. The largest absolute Gasteiger partial charge is 0.457 e. The van der Waals surface area contributed by atoms with Crippen molar-refractivity contribution in [2.45, 2.75) is 58.8 Å². The summed E-state index contributed by atoms with van der Waals surface area (Å²) in [4.78, 5) is 35.4. The van der Waals surface area contributed by atoms with Crippen LogP contribution < -0.4 is 5.32 Å². The molecule has 0 unspecified atom stereocenters. The molecule has 1 aliphatic carbocycles. The topological polar surface area (TPSA) is 72.5 Å². The van der Waals surface area contributed by atoms with Gasteiger partial charge in [-0.3, -0.25) is 14.4 Å². The van der Waals surface area contributed by atoms with E-state index in [4.69, 9.17) is 4.74 Å². The van der Waals surface area contributed by atoms with Gasteiger partial charge < -0.3 is 10.1 Å². The molecule has 0 aromatic heterocycles. The van der Waals surface area contributed by atoms with E-state index in [1.807, 2.05) is 0 Å². The minimum atomic E-state index is -0.248. The minimum absolute atomic E-state index is 0.0668. The van der Waals surface area contributed by atoms with Crippen LogP contribution in [0, 0.1) is 11.8 Å². The maximum Gasteiger partial charge on any atom is 0.309 e. The smallest absolute Gasteiger partial charge is 0.309 e. The highest BCUT2D eigenvalue weighted by molar-refractivity contribution is 5.98. The molecular formula is C21H29NO4. The van der Waals surface area contributed by atoms with Gasteiger partial charge in [-0.1, -0.05) is 26.2 Å². The van der Waals surface area contributed by atoms with Crippen molar-refractivity contribution in [3.05, 3.63) is 29.8 Å². The first-order valence-corrected chi connectivity index (χ1v) is 9.57. The van der Waals surface area contributed by atoms with Crippen molar-refractivity contribution >= 4 is 23.3 Å². The first-order chi connectivity index (χ1) is 12.5. The quantitative estimate of drug-likeness (QED) is 0.553. The van der Waals surface area contributed by atoms with E-state index in [9.17, 15) is 14.4 Å². The Morgan fingerprint density at radius 1 is 1.08 bits per heavy atom. The SMILES string of the molecule is CCCCC1CCC(C(=O)OCC(=O)c2ccc(NC(C)=O)cc2)CC1. The lowest BCUT2D eigenvalue weighted by Gasteiger charge is -2.27. The van der Waals surface area contributed by atoms with Gasteiger partial charge in [0.1, 0.15) is 0 Å². The van der Waals surface area contributed by atoms with Crippen LogP contribution in [0.15, 0.2) is 24.3 Å². The summed E-state index contributed by atoms with van der Waals surface area (Å²) >= 11 is 0. The van der Waals surface area contributed by atoms with Crippen LogP contribution in [-0.2, 0) is 14.3 Å². The third-order valence-corrected chi connectivity index (χ3v) is 5.02. The molecule has 1 aliphatic rings. The molecule has 0 atom stereocenters. The predicted octanol–water partition coefficient (Wildman–Crippen LogP) is 4.37. The van der Waals surface area contributed by atoms with Gasteiger partial charge >= 0.3 is 5.97 Å². The van der Waals surface area contributed by atoms with Crippen LogP contribution in [0.2, 0.25) is 0 Å². The molecule has 1 aromatic rings. The molecule has 1 amide bonds. The molecule has 2 rings (SSSR count). The van der Waals surface area contributed by atoms with Crippen LogP contribution in [0.5, 0.6) is 0 Å². The number of hydrogen-bond acceptors (Lipinski definition) is 4. The standard InChI is InChI=1S/C21H29NO4/c1-3-4-5-16-6-8-18(9-7-16)21(25)26-14-20(24)17-10-12-19(13-11-17)22-15(2)23/h10-13,16,18H,3-9,14H2,1-2H3,(H,22,23). The molecule has 0 saturated heterocycles. The van der Waals surface area contributed by atoms with Crippen LogP contribution in [0.3, 0.4) is 0 Å². The summed E-state index contributed by atoms with van der Waals surface area (Å²) in [6.45, 7) is 3.40. The summed E-state index contributed by atoms with van der Waals surface area (Å²) in [7, 11) is 0. The number of Topliss-reactive ketones (excluding diaryl/α,β-unsaturated/α-hetero) is 1. The third kappa shape index (κ3) is 6.28. The Kier molecular flexibility index (Phi) is 7.82. The van der Waals surface area contributed by atoms with Crippen LogP contribution >= 0.6 is 0 Å². The molecule has 1 fully saturated rings. The van der Waals surface area contributed by atoms with Gasteiger partial charge in [0.05, 0.1) is 5.92 Å². The zero-order valence-electron chi connectivity index (χ0n) is 15.8. The maximum absolute atomic E-state index is 12.2. The fraction of sp³-hybridized carbons (Fsp3) is 0.571. The number of unbranched alkanes of at least 4 members (excludes halogenated alkanes) is 1. The van der Waals surface area contributed by atoms with Crippen molar-refractivity contribution in [2.24, 2.45) is 11.8 Å². The van der Waals surface area contributed by atoms with Gasteiger partial charge in [0.2, 0.25) is 5.91 Å². The molecule has 5 nitrogen and oxygen atoms in total. The lowest BCUT2D eigenvalue weighted by molar-refractivity contribution is -0.148. The first-order valence-electron chi connectivity index (χ1n) is 9.57. The molecule has 142 valence electrons. The van der Waals surface area contributed by atoms with Crippen LogP contribution in [0.4, 0.5) is 5.69 Å². The zero-order chi connectivity index (χ0) is 18.9. The average molecular weight is 359 g/mol. The molecule has 5 heteroatoms. The number of amides is 1. The summed E-state index contributed by atoms with van der Waals surface area (Å²) in [5.41, 5.74) is 1.10. The molecule has 0 heterocycles. The highest BCUT2D eigenvalue weighted by Crippen LogP contribution is 2.32. The van der Waals surface area contributed by atoms with Crippen LogP contribution in [0.1, 0.15) is 69.2 Å². The zero-order valence-corrected chi connectivity index (χ0v) is 15.8. The molecule has 1 aromatic carbocycles. The van der Waals surface area contributed by atoms with E-state index in [2.05, 4.69) is 12.2 Å². The van der Waals surface area contributed by atoms with Crippen molar-refractivity contribution in [2.75, 3.05) is 11.9 Å². The van der Waals surface area contributed by atoms with Crippen molar-refractivity contribution in [3.63, 3.8) is 0 Å². The summed E-state index contributed by atoms with van der Waals surface area (Å²) in [5.74, 6) is 0.0273. The number of esters is 1. The van der Waals surface area contributed by atoms with Gasteiger partial charge in [-0.05, 0) is 55.9 Å². The number of benzene rings is 1. The average Bonchev–Trinajstić information content (AvgIpc) is 2.64. The monoisotopic (exact) mass is 359 g/mol. The fourth-order valence-corrected chi connectivity index (χ4v) is 3.46. The highest BCUT2D eigenvalue weighted by Gasteiger charge is 2.27. The van der Waals surface area contributed by atoms with Gasteiger partial charge in [0.15, 0.2) is 12.4 Å². The lowest BCUT2D eigenvalue weighted by atomic mass is 9.80. The lowest BCUT2D eigenvalue weighted by Crippen LogP contribution is -2.25. The van der Waals surface area contributed by atoms with Gasteiger partial charge in [-0.25, -0.2) is 0 Å². The number of carbonyl (C=O) groups excluding carboxylic acids is 3. The Labute approximate surface area is 155 Å².